The van der Waals surface area contributed by atoms with Crippen LogP contribution in [-0.2, 0) is 0 Å². The number of aryl methyl sites for hydroxylation is 1. The second-order valence-electron chi connectivity index (χ2n) is 4.87. The summed E-state index contributed by atoms with van der Waals surface area (Å²) in [7, 11) is 0. The lowest BCUT2D eigenvalue weighted by Gasteiger charge is -2.10. The van der Waals surface area contributed by atoms with Gasteiger partial charge >= 0.3 is 0 Å². The molecule has 0 radical (unpaired) electrons. The van der Waals surface area contributed by atoms with Crippen molar-refractivity contribution in [2.24, 2.45) is 0 Å². The molecule has 6 heteroatoms. The van der Waals surface area contributed by atoms with Gasteiger partial charge in [-0.05, 0) is 43.3 Å². The number of nitrogen functional groups attached to an aromatic ring is 1. The van der Waals surface area contributed by atoms with Gasteiger partial charge in [0, 0.05) is 9.37 Å². The minimum atomic E-state index is 0.358. The van der Waals surface area contributed by atoms with Crippen LogP contribution >= 0.6 is 27.7 Å². The van der Waals surface area contributed by atoms with Gasteiger partial charge in [0.1, 0.15) is 22.8 Å². The number of ether oxygens (including phenoxy) is 1. The van der Waals surface area contributed by atoms with Gasteiger partial charge in [0.2, 0.25) is 5.88 Å². The predicted molar refractivity (Wildman–Crippen MR) is 96.0 cm³/mol. The van der Waals surface area contributed by atoms with E-state index in [1.54, 1.807) is 0 Å². The molecule has 0 aliphatic carbocycles. The summed E-state index contributed by atoms with van der Waals surface area (Å²) in [6.07, 6.45) is 1.46. The normalized spacial score (nSPS) is 10.5. The zero-order valence-electron chi connectivity index (χ0n) is 12.4. The molecule has 0 atom stereocenters. The topological polar surface area (TPSA) is 61.0 Å². The maximum Gasteiger partial charge on any atom is 0.247 e. The third-order valence-electron chi connectivity index (χ3n) is 3.07. The van der Waals surface area contributed by atoms with Crippen molar-refractivity contribution in [3.8, 4) is 11.6 Å². The summed E-state index contributed by atoms with van der Waals surface area (Å²) in [5.74, 6) is 1.03. The number of anilines is 1. The third kappa shape index (κ3) is 4.03. The van der Waals surface area contributed by atoms with Gasteiger partial charge in [-0.15, -0.1) is 0 Å². The highest BCUT2D eigenvalue weighted by Crippen LogP contribution is 2.35. The fraction of sp³-hybridized carbons (Fsp3) is 0.0588. The van der Waals surface area contributed by atoms with Crippen LogP contribution < -0.4 is 10.5 Å². The van der Waals surface area contributed by atoms with Gasteiger partial charge in [-0.3, -0.25) is 0 Å². The second-order valence-corrected chi connectivity index (χ2v) is 6.85. The number of nitrogens with two attached hydrogens (primary N) is 1. The first-order chi connectivity index (χ1) is 11.1. The summed E-state index contributed by atoms with van der Waals surface area (Å²) in [6.45, 7) is 2.05. The highest BCUT2D eigenvalue weighted by atomic mass is 79.9. The van der Waals surface area contributed by atoms with E-state index in [1.807, 2.05) is 36.4 Å². The number of rotatable bonds is 4. The van der Waals surface area contributed by atoms with Crippen LogP contribution in [0.25, 0.3) is 0 Å². The van der Waals surface area contributed by atoms with E-state index in [2.05, 4.69) is 45.0 Å². The molecule has 1 heterocycles. The molecule has 2 N–H and O–H groups in total. The fourth-order valence-electron chi connectivity index (χ4n) is 1.86. The first-order valence-electron chi connectivity index (χ1n) is 6.90. The molecule has 0 unspecified atom stereocenters. The van der Waals surface area contributed by atoms with Gasteiger partial charge in [0.25, 0.3) is 0 Å². The average molecular weight is 388 g/mol. The van der Waals surface area contributed by atoms with Gasteiger partial charge in [-0.1, -0.05) is 45.4 Å². The van der Waals surface area contributed by atoms with E-state index in [0.717, 1.165) is 9.37 Å². The number of nitrogens with zero attached hydrogens (tertiary/aromatic N) is 2. The van der Waals surface area contributed by atoms with Crippen molar-refractivity contribution in [3.05, 3.63) is 64.9 Å². The van der Waals surface area contributed by atoms with Crippen LogP contribution in [0.4, 0.5) is 5.69 Å². The number of aromatic nitrogens is 2. The van der Waals surface area contributed by atoms with Crippen molar-refractivity contribution in [3.63, 3.8) is 0 Å². The minimum absolute atomic E-state index is 0.358. The van der Waals surface area contributed by atoms with Crippen LogP contribution in [-0.4, -0.2) is 9.97 Å². The molecule has 0 amide bonds. The molecule has 0 saturated carbocycles. The van der Waals surface area contributed by atoms with Crippen molar-refractivity contribution in [1.82, 2.24) is 9.97 Å². The highest BCUT2D eigenvalue weighted by Gasteiger charge is 2.11. The van der Waals surface area contributed by atoms with Crippen LogP contribution in [0.1, 0.15) is 5.56 Å². The van der Waals surface area contributed by atoms with Crippen molar-refractivity contribution in [2.75, 3.05) is 5.73 Å². The van der Waals surface area contributed by atoms with Crippen LogP contribution in [0.2, 0.25) is 0 Å². The Hall–Kier alpha value is -2.05. The lowest BCUT2D eigenvalue weighted by atomic mass is 10.2. The first-order valence-corrected chi connectivity index (χ1v) is 8.51. The maximum absolute atomic E-state index is 6.16. The lowest BCUT2D eigenvalue weighted by molar-refractivity contribution is 0.462. The third-order valence-corrected chi connectivity index (χ3v) is 4.63. The molecular weight excluding hydrogens is 374 g/mol. The Morgan fingerprint density at radius 2 is 1.70 bits per heavy atom. The molecule has 1 aromatic heterocycles. The summed E-state index contributed by atoms with van der Waals surface area (Å²) >= 11 is 4.88. The Kier molecular flexibility index (Phi) is 4.83. The zero-order chi connectivity index (χ0) is 16.2. The number of benzene rings is 2. The molecule has 3 rings (SSSR count). The molecule has 2 aromatic carbocycles. The molecular formula is C17H14BrN3OS. The molecule has 0 aliphatic rings. The Balaban J connectivity index is 1.83. The monoisotopic (exact) mass is 387 g/mol. The van der Waals surface area contributed by atoms with E-state index < -0.39 is 0 Å². The van der Waals surface area contributed by atoms with E-state index in [1.165, 1.54) is 23.7 Å². The Bertz CT molecular complexity index is 741. The maximum atomic E-state index is 6.16. The van der Waals surface area contributed by atoms with Gasteiger partial charge in [-0.25, -0.2) is 4.98 Å². The van der Waals surface area contributed by atoms with Crippen molar-refractivity contribution < 1.29 is 4.74 Å². The zero-order valence-corrected chi connectivity index (χ0v) is 14.8. The highest BCUT2D eigenvalue weighted by molar-refractivity contribution is 9.10. The Labute approximate surface area is 147 Å². The quantitative estimate of drug-likeness (QED) is 0.632. The summed E-state index contributed by atoms with van der Waals surface area (Å²) in [5, 5.41) is 0.677. The first kappa shape index (κ1) is 15.8. The molecule has 23 heavy (non-hydrogen) atoms. The largest absolute Gasteiger partial charge is 0.437 e. The summed E-state index contributed by atoms with van der Waals surface area (Å²) in [4.78, 5) is 9.45. The molecule has 0 saturated heterocycles. The Morgan fingerprint density at radius 1 is 1.00 bits per heavy atom. The molecule has 0 aliphatic heterocycles. The predicted octanol–water partition coefficient (Wildman–Crippen LogP) is 5.07. The summed E-state index contributed by atoms with van der Waals surface area (Å²) in [5.41, 5.74) is 7.80. The molecule has 0 spiro atoms. The second kappa shape index (κ2) is 7.02. The van der Waals surface area contributed by atoms with Crippen LogP contribution in [0, 0.1) is 6.92 Å². The molecule has 0 bridgehead atoms. The molecule has 116 valence electrons. The molecule has 3 aromatic rings. The minimum Gasteiger partial charge on any atom is -0.437 e. The summed E-state index contributed by atoms with van der Waals surface area (Å²) < 4.78 is 6.73. The molecule has 0 fully saturated rings. The summed E-state index contributed by atoms with van der Waals surface area (Å²) in [6, 6.07) is 15.7. The van der Waals surface area contributed by atoms with E-state index in [-0.39, 0.29) is 0 Å². The van der Waals surface area contributed by atoms with Gasteiger partial charge in [0.15, 0.2) is 0 Å². The number of hydrogen-bond acceptors (Lipinski definition) is 5. The Morgan fingerprint density at radius 3 is 2.39 bits per heavy atom. The smallest absolute Gasteiger partial charge is 0.247 e. The van der Waals surface area contributed by atoms with Gasteiger partial charge in [0.05, 0.1) is 0 Å². The van der Waals surface area contributed by atoms with E-state index in [4.69, 9.17) is 10.5 Å². The fourth-order valence-corrected chi connectivity index (χ4v) is 2.92. The van der Waals surface area contributed by atoms with E-state index in [0.29, 0.717) is 22.3 Å². The van der Waals surface area contributed by atoms with Crippen LogP contribution in [0.3, 0.4) is 0 Å². The van der Waals surface area contributed by atoms with Crippen molar-refractivity contribution >= 4 is 33.4 Å². The van der Waals surface area contributed by atoms with Gasteiger partial charge < -0.3 is 10.5 Å². The van der Waals surface area contributed by atoms with Crippen molar-refractivity contribution in [2.45, 2.75) is 16.8 Å². The van der Waals surface area contributed by atoms with Crippen LogP contribution in [0.15, 0.2) is 69.3 Å². The molecule has 4 nitrogen and oxygen atoms in total. The average Bonchev–Trinajstić information content (AvgIpc) is 2.55. The van der Waals surface area contributed by atoms with E-state index >= 15 is 0 Å². The number of halogens is 1. The number of hydrogen-bond donors (Lipinski definition) is 1. The lowest BCUT2D eigenvalue weighted by Crippen LogP contribution is -1.99. The SMILES string of the molecule is Cc1ccc(Sc2ncnc(Oc3ccc(Br)cc3)c2N)cc1. The van der Waals surface area contributed by atoms with E-state index in [9.17, 15) is 0 Å². The van der Waals surface area contributed by atoms with Gasteiger partial charge in [-0.2, -0.15) is 4.98 Å². The van der Waals surface area contributed by atoms with Crippen LogP contribution in [0.5, 0.6) is 11.6 Å². The van der Waals surface area contributed by atoms with Crippen molar-refractivity contribution in [1.29, 1.82) is 0 Å². The standard InChI is InChI=1S/C17H14BrN3OS/c1-11-2-8-14(9-3-11)23-17-15(19)16(20-10-21-17)22-13-6-4-12(18)5-7-13/h2-10H,19H2,1H3.